The number of ether oxygens (including phenoxy) is 2. The van der Waals surface area contributed by atoms with Crippen LogP contribution in [0.4, 0.5) is 0 Å². The molecule has 1 atom stereocenters. The van der Waals surface area contributed by atoms with Crippen LogP contribution < -0.4 is 14.8 Å². The lowest BCUT2D eigenvalue weighted by Gasteiger charge is -2.33. The van der Waals surface area contributed by atoms with E-state index in [0.29, 0.717) is 29.6 Å². The van der Waals surface area contributed by atoms with Crippen LogP contribution >= 0.6 is 0 Å². The maximum absolute atomic E-state index is 13.2. The summed E-state index contributed by atoms with van der Waals surface area (Å²) in [5.41, 5.74) is 4.49. The van der Waals surface area contributed by atoms with Crippen molar-refractivity contribution < 1.29 is 14.3 Å². The first-order valence-electron chi connectivity index (χ1n) is 12.6. The Morgan fingerprint density at radius 2 is 1.80 bits per heavy atom. The highest BCUT2D eigenvalue weighted by Crippen LogP contribution is 2.34. The second kappa shape index (κ2) is 11.5. The zero-order chi connectivity index (χ0) is 24.8. The van der Waals surface area contributed by atoms with E-state index in [1.54, 1.807) is 14.2 Å². The number of piperidine rings is 1. The number of methoxy groups -OCH3 is 2. The number of hydrogen-bond acceptors (Lipinski definition) is 4. The smallest absolute Gasteiger partial charge is 0.253 e. The summed E-state index contributed by atoms with van der Waals surface area (Å²) < 4.78 is 13.1. The number of likely N-dealkylation sites (tertiary alicyclic amines) is 1. The van der Waals surface area contributed by atoms with Crippen LogP contribution in [0.1, 0.15) is 48.7 Å². The van der Waals surface area contributed by atoms with E-state index in [9.17, 15) is 4.79 Å². The van der Waals surface area contributed by atoms with Crippen molar-refractivity contribution in [2.75, 3.05) is 33.9 Å². The highest BCUT2D eigenvalue weighted by Gasteiger charge is 2.21. The van der Waals surface area contributed by atoms with Crippen molar-refractivity contribution in [1.82, 2.24) is 14.8 Å². The van der Waals surface area contributed by atoms with Crippen molar-refractivity contribution in [2.24, 2.45) is 0 Å². The van der Waals surface area contributed by atoms with Crippen molar-refractivity contribution in [2.45, 2.75) is 45.6 Å². The molecule has 4 rings (SSSR count). The monoisotopic (exact) mass is 475 g/mol. The Morgan fingerprint density at radius 3 is 2.51 bits per heavy atom. The average molecular weight is 476 g/mol. The van der Waals surface area contributed by atoms with Crippen LogP contribution in [0.15, 0.2) is 54.6 Å². The summed E-state index contributed by atoms with van der Waals surface area (Å²) in [4.78, 5) is 15.8. The van der Waals surface area contributed by atoms with Crippen LogP contribution in [0.3, 0.4) is 0 Å². The molecule has 1 fully saturated rings. The van der Waals surface area contributed by atoms with Gasteiger partial charge in [0.1, 0.15) is 0 Å². The summed E-state index contributed by atoms with van der Waals surface area (Å²) in [6.45, 7) is 7.17. The van der Waals surface area contributed by atoms with E-state index in [1.165, 1.54) is 25.8 Å². The largest absolute Gasteiger partial charge is 0.493 e. The second-order valence-corrected chi connectivity index (χ2v) is 9.26. The van der Waals surface area contributed by atoms with Gasteiger partial charge in [0.15, 0.2) is 11.5 Å². The van der Waals surface area contributed by atoms with Crippen molar-refractivity contribution in [3.63, 3.8) is 0 Å². The van der Waals surface area contributed by atoms with Gasteiger partial charge in [-0.15, -0.1) is 0 Å². The van der Waals surface area contributed by atoms with E-state index in [0.717, 1.165) is 35.6 Å². The Balaban J connectivity index is 1.57. The van der Waals surface area contributed by atoms with Crippen molar-refractivity contribution in [3.05, 3.63) is 65.9 Å². The number of rotatable bonds is 9. The Labute approximate surface area is 208 Å². The molecule has 186 valence electrons. The minimum absolute atomic E-state index is 0.0365. The van der Waals surface area contributed by atoms with Gasteiger partial charge in [-0.3, -0.25) is 4.79 Å². The van der Waals surface area contributed by atoms with Gasteiger partial charge < -0.3 is 24.3 Å². The van der Waals surface area contributed by atoms with Crippen LogP contribution in [0, 0.1) is 6.92 Å². The molecular formula is C29H37N3O3. The predicted molar refractivity (Wildman–Crippen MR) is 141 cm³/mol. The Hall–Kier alpha value is -3.25. The van der Waals surface area contributed by atoms with Gasteiger partial charge in [-0.1, -0.05) is 36.8 Å². The van der Waals surface area contributed by atoms with Crippen LogP contribution in [0.5, 0.6) is 11.5 Å². The van der Waals surface area contributed by atoms with Crippen molar-refractivity contribution >= 4 is 5.91 Å². The van der Waals surface area contributed by atoms with Gasteiger partial charge in [-0.2, -0.15) is 0 Å². The third-order valence-electron chi connectivity index (χ3n) is 7.03. The summed E-state index contributed by atoms with van der Waals surface area (Å²) >= 11 is 0. The third-order valence-corrected chi connectivity index (χ3v) is 7.03. The normalized spacial score (nSPS) is 16.2. The van der Waals surface area contributed by atoms with Gasteiger partial charge in [0.2, 0.25) is 0 Å². The molecule has 0 bridgehead atoms. The first-order chi connectivity index (χ1) is 17.0. The lowest BCUT2D eigenvalue weighted by molar-refractivity contribution is 0.0948. The zero-order valence-electron chi connectivity index (χ0n) is 21.3. The highest BCUT2D eigenvalue weighted by atomic mass is 16.5. The summed E-state index contributed by atoms with van der Waals surface area (Å²) in [5, 5.41) is 3.15. The SMILES string of the molecule is COc1ccc(-n2c(-c3ccccc3)cc(C(=O)NCCCN3CCCCC3C)c2C)cc1OC. The van der Waals surface area contributed by atoms with Crippen molar-refractivity contribution in [3.8, 4) is 28.4 Å². The van der Waals surface area contributed by atoms with E-state index in [-0.39, 0.29) is 5.91 Å². The molecule has 1 unspecified atom stereocenters. The predicted octanol–water partition coefficient (Wildman–Crippen LogP) is 5.46. The van der Waals surface area contributed by atoms with Gasteiger partial charge in [-0.25, -0.2) is 0 Å². The Kier molecular flexibility index (Phi) is 8.13. The number of carbonyl (C=O) groups excluding carboxylic acids is 1. The molecule has 1 N–H and O–H groups in total. The van der Waals surface area contributed by atoms with E-state index < -0.39 is 0 Å². The second-order valence-electron chi connectivity index (χ2n) is 9.26. The summed E-state index contributed by atoms with van der Waals surface area (Å²) in [5.74, 6) is 1.28. The van der Waals surface area contributed by atoms with E-state index in [1.807, 2.05) is 49.4 Å². The van der Waals surface area contributed by atoms with Crippen LogP contribution in [0.2, 0.25) is 0 Å². The minimum atomic E-state index is -0.0365. The molecule has 1 amide bonds. The topological polar surface area (TPSA) is 55.7 Å². The summed E-state index contributed by atoms with van der Waals surface area (Å²) in [6, 6.07) is 18.6. The average Bonchev–Trinajstić information content (AvgIpc) is 3.24. The van der Waals surface area contributed by atoms with Crippen molar-refractivity contribution in [1.29, 1.82) is 0 Å². The molecule has 1 saturated heterocycles. The molecular weight excluding hydrogens is 438 g/mol. The van der Waals surface area contributed by atoms with Crippen LogP contribution in [-0.4, -0.2) is 55.3 Å². The zero-order valence-corrected chi connectivity index (χ0v) is 21.3. The number of hydrogen-bond donors (Lipinski definition) is 1. The quantitative estimate of drug-likeness (QED) is 0.417. The molecule has 2 heterocycles. The number of amides is 1. The van der Waals surface area contributed by atoms with E-state index in [2.05, 4.69) is 33.8 Å². The molecule has 3 aromatic rings. The van der Waals surface area contributed by atoms with Gasteiger partial charge in [0, 0.05) is 36.6 Å². The molecule has 35 heavy (non-hydrogen) atoms. The summed E-state index contributed by atoms with van der Waals surface area (Å²) in [7, 11) is 3.26. The fourth-order valence-corrected chi connectivity index (χ4v) is 5.02. The van der Waals surface area contributed by atoms with Crippen LogP contribution in [0.25, 0.3) is 16.9 Å². The van der Waals surface area contributed by atoms with Gasteiger partial charge in [-0.05, 0) is 63.4 Å². The van der Waals surface area contributed by atoms with Gasteiger partial charge in [0.25, 0.3) is 5.91 Å². The molecule has 6 heteroatoms. The Morgan fingerprint density at radius 1 is 1.03 bits per heavy atom. The molecule has 0 saturated carbocycles. The summed E-state index contributed by atoms with van der Waals surface area (Å²) in [6.07, 6.45) is 4.84. The molecule has 1 aromatic heterocycles. The number of nitrogens with one attached hydrogen (secondary N) is 1. The third kappa shape index (κ3) is 5.54. The molecule has 2 aromatic carbocycles. The van der Waals surface area contributed by atoms with E-state index >= 15 is 0 Å². The number of benzene rings is 2. The lowest BCUT2D eigenvalue weighted by Crippen LogP contribution is -2.39. The Bertz CT molecular complexity index is 1140. The van der Waals surface area contributed by atoms with Gasteiger partial charge >= 0.3 is 0 Å². The maximum Gasteiger partial charge on any atom is 0.253 e. The molecule has 6 nitrogen and oxygen atoms in total. The molecule has 0 radical (unpaired) electrons. The minimum Gasteiger partial charge on any atom is -0.493 e. The number of nitrogens with zero attached hydrogens (tertiary/aromatic N) is 2. The fourth-order valence-electron chi connectivity index (χ4n) is 5.02. The first-order valence-corrected chi connectivity index (χ1v) is 12.6. The van der Waals surface area contributed by atoms with Crippen LogP contribution in [-0.2, 0) is 0 Å². The molecule has 0 aliphatic carbocycles. The number of aromatic nitrogens is 1. The number of carbonyl (C=O) groups is 1. The molecule has 1 aliphatic rings. The van der Waals surface area contributed by atoms with Gasteiger partial charge in [0.05, 0.1) is 25.5 Å². The fraction of sp³-hybridized carbons (Fsp3) is 0.414. The van der Waals surface area contributed by atoms with E-state index in [4.69, 9.17) is 9.47 Å². The lowest BCUT2D eigenvalue weighted by atomic mass is 10.0. The maximum atomic E-state index is 13.2. The first kappa shape index (κ1) is 24.9. The molecule has 0 spiro atoms. The standard InChI is InChI=1S/C29H37N3O3/c1-21-11-8-9-17-31(21)18-10-16-30-29(33)25-20-26(23-12-6-5-7-13-23)32(22(25)2)24-14-15-27(34-3)28(19-24)35-4/h5-7,12-15,19-21H,8-11,16-18H2,1-4H3,(H,30,33). The highest BCUT2D eigenvalue weighted by molar-refractivity contribution is 5.97. The molecule has 1 aliphatic heterocycles.